The first-order valence-electron chi connectivity index (χ1n) is 11.7. The lowest BCUT2D eigenvalue weighted by Crippen LogP contribution is -2.58. The molecule has 4 aliphatic carbocycles. The Kier molecular flexibility index (Phi) is 5.36. The first kappa shape index (κ1) is 20.7. The second kappa shape index (κ2) is 7.27. The molecule has 3 N–H and O–H groups in total. The maximum atomic E-state index is 11.2. The minimum absolute atomic E-state index is 0.179. The summed E-state index contributed by atoms with van der Waals surface area (Å²) in [7, 11) is 0. The summed E-state index contributed by atoms with van der Waals surface area (Å²) < 4.78 is 0. The van der Waals surface area contributed by atoms with Gasteiger partial charge in [-0.05, 0) is 104 Å². The Labute approximate surface area is 170 Å². The van der Waals surface area contributed by atoms with Crippen molar-refractivity contribution in [3.05, 3.63) is 0 Å². The molecule has 4 rings (SSSR count). The Balaban J connectivity index is 1.55. The van der Waals surface area contributed by atoms with Crippen molar-refractivity contribution in [3.63, 3.8) is 0 Å². The normalized spacial score (nSPS) is 51.7. The lowest BCUT2D eigenvalue weighted by molar-refractivity contribution is -0.174. The van der Waals surface area contributed by atoms with E-state index in [2.05, 4.69) is 20.8 Å². The Morgan fingerprint density at radius 1 is 1.00 bits per heavy atom. The van der Waals surface area contributed by atoms with Gasteiger partial charge in [-0.1, -0.05) is 20.8 Å². The van der Waals surface area contributed by atoms with Gasteiger partial charge in [0.25, 0.3) is 0 Å². The van der Waals surface area contributed by atoms with Gasteiger partial charge in [0.1, 0.15) is 0 Å². The fourth-order valence-electron chi connectivity index (χ4n) is 8.73. The third-order valence-corrected chi connectivity index (χ3v) is 10.2. The van der Waals surface area contributed by atoms with Crippen molar-refractivity contribution in [2.24, 2.45) is 46.3 Å². The molecule has 0 aliphatic heterocycles. The summed E-state index contributed by atoms with van der Waals surface area (Å²) in [6.45, 7) is 7.16. The monoisotopic (exact) mass is 392 g/mol. The summed E-state index contributed by atoms with van der Waals surface area (Å²) in [4.78, 5) is 11.1. The molecular formula is C24H40O4. The molecule has 0 radical (unpaired) electrons. The van der Waals surface area contributed by atoms with Crippen molar-refractivity contribution in [3.8, 4) is 0 Å². The molecule has 0 aromatic rings. The van der Waals surface area contributed by atoms with Crippen LogP contribution >= 0.6 is 0 Å². The van der Waals surface area contributed by atoms with Gasteiger partial charge >= 0.3 is 5.97 Å². The van der Waals surface area contributed by atoms with Crippen LogP contribution in [0, 0.1) is 46.3 Å². The van der Waals surface area contributed by atoms with Crippen molar-refractivity contribution in [2.45, 2.75) is 97.2 Å². The van der Waals surface area contributed by atoms with Gasteiger partial charge in [0.2, 0.25) is 0 Å². The van der Waals surface area contributed by atoms with Crippen LogP contribution in [0.3, 0.4) is 0 Å². The third-order valence-electron chi connectivity index (χ3n) is 10.2. The van der Waals surface area contributed by atoms with Gasteiger partial charge in [-0.3, -0.25) is 4.79 Å². The first-order valence-corrected chi connectivity index (χ1v) is 11.7. The summed E-state index contributed by atoms with van der Waals surface area (Å²) in [6, 6.07) is 0. The molecule has 0 heterocycles. The third kappa shape index (κ3) is 3.14. The number of hydrogen-bond acceptors (Lipinski definition) is 3. The van der Waals surface area contributed by atoms with Gasteiger partial charge in [0.15, 0.2) is 0 Å². The first-order chi connectivity index (χ1) is 13.2. The molecule has 160 valence electrons. The zero-order valence-corrected chi connectivity index (χ0v) is 17.9. The van der Waals surface area contributed by atoms with E-state index in [0.717, 1.165) is 32.1 Å². The lowest BCUT2D eigenvalue weighted by atomic mass is 9.43. The maximum Gasteiger partial charge on any atom is 0.303 e. The predicted molar refractivity (Wildman–Crippen MR) is 109 cm³/mol. The summed E-state index contributed by atoms with van der Waals surface area (Å²) >= 11 is 0. The molecule has 28 heavy (non-hydrogen) atoms. The molecule has 0 bridgehead atoms. The van der Waals surface area contributed by atoms with Gasteiger partial charge in [-0.2, -0.15) is 0 Å². The molecule has 4 saturated carbocycles. The number of aliphatic carboxylic acids is 1. The van der Waals surface area contributed by atoms with Crippen molar-refractivity contribution >= 4 is 5.97 Å². The van der Waals surface area contributed by atoms with E-state index < -0.39 is 5.97 Å². The number of carboxylic acids is 1. The van der Waals surface area contributed by atoms with Crippen LogP contribution in [-0.2, 0) is 4.79 Å². The summed E-state index contributed by atoms with van der Waals surface area (Å²) in [5.41, 5.74) is 0.523. The zero-order chi connectivity index (χ0) is 20.3. The smallest absolute Gasteiger partial charge is 0.303 e. The van der Waals surface area contributed by atoms with E-state index in [4.69, 9.17) is 5.11 Å². The number of rotatable bonds is 4. The molecule has 0 saturated heterocycles. The van der Waals surface area contributed by atoms with Crippen LogP contribution < -0.4 is 0 Å². The Hall–Kier alpha value is -0.610. The molecule has 4 nitrogen and oxygen atoms in total. The van der Waals surface area contributed by atoms with E-state index in [0.29, 0.717) is 35.5 Å². The number of carboxylic acid groups (broad SMARTS) is 1. The number of aliphatic hydroxyl groups excluding tert-OH is 2. The van der Waals surface area contributed by atoms with Crippen LogP contribution in [0.5, 0.6) is 0 Å². The highest BCUT2D eigenvalue weighted by Gasteiger charge is 2.62. The molecule has 0 amide bonds. The van der Waals surface area contributed by atoms with Gasteiger partial charge in [-0.25, -0.2) is 0 Å². The molecule has 0 aromatic heterocycles. The van der Waals surface area contributed by atoms with Crippen LogP contribution in [0.1, 0.15) is 85.0 Å². The number of fused-ring (bicyclic) bond motifs is 5. The van der Waals surface area contributed by atoms with E-state index in [1.165, 1.54) is 25.7 Å². The summed E-state index contributed by atoms with van der Waals surface area (Å²) in [6.07, 6.45) is 9.19. The van der Waals surface area contributed by atoms with Crippen LogP contribution in [0.15, 0.2) is 0 Å². The van der Waals surface area contributed by atoms with Gasteiger partial charge in [-0.15, -0.1) is 0 Å². The van der Waals surface area contributed by atoms with Crippen molar-refractivity contribution in [1.82, 2.24) is 0 Å². The van der Waals surface area contributed by atoms with Crippen molar-refractivity contribution < 1.29 is 20.1 Å². The van der Waals surface area contributed by atoms with Crippen LogP contribution in [-0.4, -0.2) is 33.5 Å². The second-order valence-corrected chi connectivity index (χ2v) is 11.4. The predicted octanol–water partition coefficient (Wildman–Crippen LogP) is 4.48. The standard InChI is InChI=1S/C24H40O4/c1-14(4-7-21(27)28)17-5-6-18-22-19(9-11-24(17,18)3)23(2)10-8-16(25)12-15(23)13-20(22)26/h14-20,22,25-26H,4-13H2,1-3H3,(H,27,28)/t14?,15-,16+,17+,18-,19-,20?,22?,23-,24+/m0/s1. The molecule has 0 aromatic carbocycles. The number of hydrogen-bond donors (Lipinski definition) is 3. The molecule has 10 atom stereocenters. The topological polar surface area (TPSA) is 77.8 Å². The van der Waals surface area contributed by atoms with Crippen molar-refractivity contribution in [1.29, 1.82) is 0 Å². The van der Waals surface area contributed by atoms with Gasteiger partial charge < -0.3 is 15.3 Å². The van der Waals surface area contributed by atoms with E-state index in [1.54, 1.807) is 0 Å². The minimum atomic E-state index is -0.684. The van der Waals surface area contributed by atoms with Crippen LogP contribution in [0.2, 0.25) is 0 Å². The molecule has 4 heteroatoms. The highest BCUT2D eigenvalue weighted by Crippen LogP contribution is 2.68. The summed E-state index contributed by atoms with van der Waals surface area (Å²) in [5, 5.41) is 30.5. The molecule has 3 unspecified atom stereocenters. The average Bonchev–Trinajstić information content (AvgIpc) is 2.98. The van der Waals surface area contributed by atoms with Crippen LogP contribution in [0.4, 0.5) is 0 Å². The molecule has 0 spiro atoms. The number of carbonyl (C=O) groups is 1. The fraction of sp³-hybridized carbons (Fsp3) is 0.958. The Bertz CT molecular complexity index is 605. The quantitative estimate of drug-likeness (QED) is 0.659. The largest absolute Gasteiger partial charge is 0.481 e. The summed E-state index contributed by atoms with van der Waals surface area (Å²) in [5.74, 6) is 2.36. The Morgan fingerprint density at radius 3 is 2.39 bits per heavy atom. The van der Waals surface area contributed by atoms with E-state index >= 15 is 0 Å². The SMILES string of the molecule is CC(CCC(=O)O)[C@H]1CC[C@H]2C3C(O)C[C@@H]4C[C@H](O)CC[C@]4(C)[C@H]3CC[C@]12C. The lowest BCUT2D eigenvalue weighted by Gasteiger charge is -2.62. The van der Waals surface area contributed by atoms with Gasteiger partial charge in [0.05, 0.1) is 12.2 Å². The fourth-order valence-corrected chi connectivity index (χ4v) is 8.73. The van der Waals surface area contributed by atoms with E-state index in [1.807, 2.05) is 0 Å². The van der Waals surface area contributed by atoms with Crippen molar-refractivity contribution in [2.75, 3.05) is 0 Å². The number of aliphatic hydroxyl groups is 2. The molecule has 4 aliphatic rings. The zero-order valence-electron chi connectivity index (χ0n) is 17.9. The maximum absolute atomic E-state index is 11.2. The second-order valence-electron chi connectivity index (χ2n) is 11.4. The van der Waals surface area contributed by atoms with Crippen LogP contribution in [0.25, 0.3) is 0 Å². The highest BCUT2D eigenvalue weighted by atomic mass is 16.4. The Morgan fingerprint density at radius 2 is 1.68 bits per heavy atom. The van der Waals surface area contributed by atoms with Gasteiger partial charge in [0, 0.05) is 6.42 Å². The minimum Gasteiger partial charge on any atom is -0.481 e. The molecular weight excluding hydrogens is 352 g/mol. The van der Waals surface area contributed by atoms with E-state index in [9.17, 15) is 15.0 Å². The highest BCUT2D eigenvalue weighted by molar-refractivity contribution is 5.66. The van der Waals surface area contributed by atoms with E-state index in [-0.39, 0.29) is 29.5 Å². The molecule has 4 fully saturated rings. The average molecular weight is 393 g/mol.